The Balaban J connectivity index is 1.91. The van der Waals surface area contributed by atoms with Crippen LogP contribution in [0.25, 0.3) is 0 Å². The lowest BCUT2D eigenvalue weighted by molar-refractivity contribution is 0.416. The first-order chi connectivity index (χ1) is 7.65. The van der Waals surface area contributed by atoms with Crippen molar-refractivity contribution < 1.29 is 4.42 Å². The first-order valence-electron chi connectivity index (χ1n) is 5.19. The van der Waals surface area contributed by atoms with Crippen molar-refractivity contribution in [2.75, 3.05) is 0 Å². The molecule has 2 aromatic heterocycles. The second kappa shape index (κ2) is 5.04. The van der Waals surface area contributed by atoms with Gasteiger partial charge in [0.15, 0.2) is 0 Å². The number of nitrogens with one attached hydrogen (secondary N) is 1. The molecule has 2 heterocycles. The Hall–Kier alpha value is -0.770. The Labute approximate surface area is 104 Å². The van der Waals surface area contributed by atoms with E-state index in [0.29, 0.717) is 0 Å². The van der Waals surface area contributed by atoms with Gasteiger partial charge in [0.25, 0.3) is 0 Å². The minimum absolute atomic E-state index is 0.217. The van der Waals surface area contributed by atoms with E-state index in [2.05, 4.69) is 12.2 Å². The molecule has 0 saturated heterocycles. The van der Waals surface area contributed by atoms with Crippen molar-refractivity contribution in [2.45, 2.75) is 26.4 Å². The van der Waals surface area contributed by atoms with Gasteiger partial charge in [-0.3, -0.25) is 0 Å². The molecule has 0 amide bonds. The van der Waals surface area contributed by atoms with Crippen molar-refractivity contribution >= 4 is 22.9 Å². The van der Waals surface area contributed by atoms with Crippen molar-refractivity contribution in [3.63, 3.8) is 0 Å². The van der Waals surface area contributed by atoms with E-state index >= 15 is 0 Å². The highest BCUT2D eigenvalue weighted by Crippen LogP contribution is 2.22. The molecule has 1 unspecified atom stereocenters. The molecule has 0 bridgehead atoms. The highest BCUT2D eigenvalue weighted by Gasteiger charge is 2.09. The van der Waals surface area contributed by atoms with Gasteiger partial charge >= 0.3 is 0 Å². The summed E-state index contributed by atoms with van der Waals surface area (Å²) in [5.74, 6) is 1.92. The summed E-state index contributed by atoms with van der Waals surface area (Å²) in [6.45, 7) is 4.86. The lowest BCUT2D eigenvalue weighted by Crippen LogP contribution is -2.16. The second-order valence-corrected chi connectivity index (χ2v) is 5.56. The minimum Gasteiger partial charge on any atom is -0.465 e. The lowest BCUT2D eigenvalue weighted by Gasteiger charge is -2.09. The van der Waals surface area contributed by atoms with E-state index in [-0.39, 0.29) is 6.04 Å². The standard InChI is InChI=1S/C12H14ClNOS/c1-8-3-5-11(15-8)9(2)14-7-10-4-6-12(13)16-10/h3-6,9,14H,7H2,1-2H3. The van der Waals surface area contributed by atoms with Gasteiger partial charge in [-0.25, -0.2) is 0 Å². The maximum atomic E-state index is 5.87. The van der Waals surface area contributed by atoms with Crippen LogP contribution in [0, 0.1) is 6.92 Å². The van der Waals surface area contributed by atoms with Crippen LogP contribution in [0.4, 0.5) is 0 Å². The normalized spacial score (nSPS) is 12.9. The largest absolute Gasteiger partial charge is 0.465 e. The Morgan fingerprint density at radius 1 is 1.38 bits per heavy atom. The van der Waals surface area contributed by atoms with Gasteiger partial charge in [0.2, 0.25) is 0 Å². The predicted octanol–water partition coefficient (Wildman–Crippen LogP) is 4.15. The van der Waals surface area contributed by atoms with E-state index in [1.807, 2.05) is 31.2 Å². The zero-order valence-electron chi connectivity index (χ0n) is 9.29. The lowest BCUT2D eigenvalue weighted by atomic mass is 10.2. The van der Waals surface area contributed by atoms with Gasteiger partial charge in [-0.05, 0) is 38.1 Å². The molecule has 0 fully saturated rings. The minimum atomic E-state index is 0.217. The van der Waals surface area contributed by atoms with Crippen LogP contribution < -0.4 is 5.32 Å². The van der Waals surface area contributed by atoms with Crippen molar-refractivity contribution in [2.24, 2.45) is 0 Å². The number of halogens is 1. The van der Waals surface area contributed by atoms with Crippen molar-refractivity contribution in [1.82, 2.24) is 5.32 Å². The zero-order valence-corrected chi connectivity index (χ0v) is 10.9. The maximum Gasteiger partial charge on any atom is 0.120 e. The number of thiophene rings is 1. The summed E-state index contributed by atoms with van der Waals surface area (Å²) < 4.78 is 6.39. The molecule has 0 aliphatic heterocycles. The van der Waals surface area contributed by atoms with E-state index in [9.17, 15) is 0 Å². The summed E-state index contributed by atoms with van der Waals surface area (Å²) in [6, 6.07) is 8.17. The molecule has 2 rings (SSSR count). The smallest absolute Gasteiger partial charge is 0.120 e. The molecule has 0 radical (unpaired) electrons. The van der Waals surface area contributed by atoms with E-state index < -0.39 is 0 Å². The molecule has 16 heavy (non-hydrogen) atoms. The molecule has 0 aliphatic rings. The fourth-order valence-electron chi connectivity index (χ4n) is 1.49. The molecule has 2 aromatic rings. The third-order valence-electron chi connectivity index (χ3n) is 2.40. The molecular formula is C12H14ClNOS. The zero-order chi connectivity index (χ0) is 11.5. The number of hydrogen-bond acceptors (Lipinski definition) is 3. The van der Waals surface area contributed by atoms with Crippen LogP contribution in [0.2, 0.25) is 4.34 Å². The Bertz CT molecular complexity index is 463. The molecule has 0 aromatic carbocycles. The van der Waals surface area contributed by atoms with Crippen LogP contribution in [0.5, 0.6) is 0 Å². The van der Waals surface area contributed by atoms with Gasteiger partial charge in [-0.15, -0.1) is 11.3 Å². The third kappa shape index (κ3) is 2.88. The van der Waals surface area contributed by atoms with E-state index in [0.717, 1.165) is 22.4 Å². The predicted molar refractivity (Wildman–Crippen MR) is 68.0 cm³/mol. The Kier molecular flexibility index (Phi) is 3.69. The van der Waals surface area contributed by atoms with E-state index in [1.165, 1.54) is 4.88 Å². The number of rotatable bonds is 4. The summed E-state index contributed by atoms with van der Waals surface area (Å²) >= 11 is 7.47. The van der Waals surface area contributed by atoms with Crippen molar-refractivity contribution in [3.8, 4) is 0 Å². The summed E-state index contributed by atoms with van der Waals surface area (Å²) in [5, 5.41) is 3.40. The van der Waals surface area contributed by atoms with Crippen LogP contribution in [0.3, 0.4) is 0 Å². The molecule has 1 N–H and O–H groups in total. The van der Waals surface area contributed by atoms with Crippen LogP contribution in [-0.4, -0.2) is 0 Å². The maximum absolute atomic E-state index is 5.87. The highest BCUT2D eigenvalue weighted by molar-refractivity contribution is 7.16. The molecule has 1 atom stereocenters. The first kappa shape index (κ1) is 11.7. The molecule has 0 saturated carbocycles. The average Bonchev–Trinajstić information content (AvgIpc) is 2.84. The molecule has 2 nitrogen and oxygen atoms in total. The highest BCUT2D eigenvalue weighted by atomic mass is 35.5. The van der Waals surface area contributed by atoms with Gasteiger partial charge in [0.1, 0.15) is 11.5 Å². The monoisotopic (exact) mass is 255 g/mol. The van der Waals surface area contributed by atoms with Crippen LogP contribution in [-0.2, 0) is 6.54 Å². The summed E-state index contributed by atoms with van der Waals surface area (Å²) in [4.78, 5) is 1.24. The quantitative estimate of drug-likeness (QED) is 0.888. The second-order valence-electron chi connectivity index (χ2n) is 3.76. The number of furan rings is 1. The van der Waals surface area contributed by atoms with Gasteiger partial charge < -0.3 is 9.73 Å². The van der Waals surface area contributed by atoms with Crippen molar-refractivity contribution in [1.29, 1.82) is 0 Å². The summed E-state index contributed by atoms with van der Waals surface area (Å²) in [6.07, 6.45) is 0. The Morgan fingerprint density at radius 2 is 2.19 bits per heavy atom. The molecule has 0 spiro atoms. The SMILES string of the molecule is Cc1ccc(C(C)NCc2ccc(Cl)s2)o1. The molecule has 4 heteroatoms. The molecule has 86 valence electrons. The van der Waals surface area contributed by atoms with Gasteiger partial charge in [0.05, 0.1) is 10.4 Å². The van der Waals surface area contributed by atoms with Crippen LogP contribution >= 0.6 is 22.9 Å². The fraction of sp³-hybridized carbons (Fsp3) is 0.333. The van der Waals surface area contributed by atoms with E-state index in [4.69, 9.17) is 16.0 Å². The Morgan fingerprint density at radius 3 is 2.75 bits per heavy atom. The van der Waals surface area contributed by atoms with Crippen LogP contribution in [0.15, 0.2) is 28.7 Å². The van der Waals surface area contributed by atoms with E-state index in [1.54, 1.807) is 11.3 Å². The topological polar surface area (TPSA) is 25.2 Å². The summed E-state index contributed by atoms with van der Waals surface area (Å²) in [5.41, 5.74) is 0. The number of hydrogen-bond donors (Lipinski definition) is 1. The third-order valence-corrected chi connectivity index (χ3v) is 3.63. The van der Waals surface area contributed by atoms with Crippen molar-refractivity contribution in [3.05, 3.63) is 45.0 Å². The van der Waals surface area contributed by atoms with Crippen LogP contribution in [0.1, 0.15) is 29.4 Å². The average molecular weight is 256 g/mol. The van der Waals surface area contributed by atoms with Gasteiger partial charge in [0, 0.05) is 11.4 Å². The fourth-order valence-corrected chi connectivity index (χ4v) is 2.53. The molecular weight excluding hydrogens is 242 g/mol. The summed E-state index contributed by atoms with van der Waals surface area (Å²) in [7, 11) is 0. The first-order valence-corrected chi connectivity index (χ1v) is 6.38. The van der Waals surface area contributed by atoms with Gasteiger partial charge in [-0.1, -0.05) is 11.6 Å². The number of aryl methyl sites for hydroxylation is 1. The molecule has 0 aliphatic carbocycles. The van der Waals surface area contributed by atoms with Gasteiger partial charge in [-0.2, -0.15) is 0 Å².